The van der Waals surface area contributed by atoms with E-state index in [2.05, 4.69) is 18.7 Å². The second kappa shape index (κ2) is 7.70. The maximum Gasteiger partial charge on any atom is 0.303 e. The third kappa shape index (κ3) is 6.06. The molecule has 1 saturated heterocycles. The van der Waals surface area contributed by atoms with Crippen molar-refractivity contribution in [2.45, 2.75) is 64.8 Å². The van der Waals surface area contributed by atoms with Crippen LogP contribution in [0.5, 0.6) is 0 Å². The van der Waals surface area contributed by atoms with Crippen molar-refractivity contribution in [2.24, 2.45) is 5.92 Å². The van der Waals surface area contributed by atoms with Gasteiger partial charge in [0.1, 0.15) is 0 Å². The smallest absolute Gasteiger partial charge is 0.303 e. The summed E-state index contributed by atoms with van der Waals surface area (Å²) in [4.78, 5) is 13.2. The monoisotopic (exact) mass is 241 g/mol. The minimum atomic E-state index is -0.655. The second-order valence-electron chi connectivity index (χ2n) is 5.65. The number of hydrogen-bond acceptors (Lipinski definition) is 2. The average Bonchev–Trinajstić information content (AvgIpc) is 2.27. The molecule has 100 valence electrons. The molecular formula is C14H27NO2. The van der Waals surface area contributed by atoms with Crippen LogP contribution in [0.4, 0.5) is 0 Å². The lowest BCUT2D eigenvalue weighted by Gasteiger charge is -2.35. The van der Waals surface area contributed by atoms with E-state index in [9.17, 15) is 4.79 Å². The van der Waals surface area contributed by atoms with Gasteiger partial charge in [0.15, 0.2) is 0 Å². The molecule has 1 unspecified atom stereocenters. The lowest BCUT2D eigenvalue weighted by molar-refractivity contribution is -0.137. The van der Waals surface area contributed by atoms with Crippen LogP contribution in [0.15, 0.2) is 0 Å². The molecule has 0 saturated carbocycles. The van der Waals surface area contributed by atoms with Crippen LogP contribution >= 0.6 is 0 Å². The first-order valence-electron chi connectivity index (χ1n) is 7.05. The summed E-state index contributed by atoms with van der Waals surface area (Å²) in [5.41, 5.74) is 0. The number of carbonyl (C=O) groups is 1. The molecule has 0 aromatic rings. The van der Waals surface area contributed by atoms with Gasteiger partial charge in [0, 0.05) is 12.5 Å². The molecule has 0 aromatic heterocycles. The van der Waals surface area contributed by atoms with Crippen molar-refractivity contribution in [1.82, 2.24) is 4.90 Å². The van der Waals surface area contributed by atoms with Crippen LogP contribution in [0, 0.1) is 5.92 Å². The SMILES string of the molecule is CC(C)CCCN1CCCCC1CCC(=O)O. The molecule has 1 fully saturated rings. The molecule has 1 atom stereocenters. The highest BCUT2D eigenvalue weighted by Crippen LogP contribution is 2.21. The molecule has 0 radical (unpaired) electrons. The Balaban J connectivity index is 2.29. The Hall–Kier alpha value is -0.570. The third-order valence-electron chi connectivity index (χ3n) is 3.67. The van der Waals surface area contributed by atoms with Gasteiger partial charge >= 0.3 is 5.97 Å². The van der Waals surface area contributed by atoms with Gasteiger partial charge in [-0.2, -0.15) is 0 Å². The van der Waals surface area contributed by atoms with Crippen molar-refractivity contribution in [3.63, 3.8) is 0 Å². The largest absolute Gasteiger partial charge is 0.481 e. The summed E-state index contributed by atoms with van der Waals surface area (Å²) in [6.45, 7) is 6.85. The predicted octanol–water partition coefficient (Wildman–Crippen LogP) is 3.14. The van der Waals surface area contributed by atoms with Gasteiger partial charge in [-0.05, 0) is 51.1 Å². The summed E-state index contributed by atoms with van der Waals surface area (Å²) >= 11 is 0. The van der Waals surface area contributed by atoms with E-state index in [1.165, 1.54) is 38.6 Å². The summed E-state index contributed by atoms with van der Waals surface area (Å²) in [6, 6.07) is 0.520. The number of likely N-dealkylation sites (tertiary alicyclic amines) is 1. The third-order valence-corrected chi connectivity index (χ3v) is 3.67. The molecule has 0 aromatic carbocycles. The summed E-state index contributed by atoms with van der Waals surface area (Å²) < 4.78 is 0. The van der Waals surface area contributed by atoms with Gasteiger partial charge in [-0.25, -0.2) is 0 Å². The average molecular weight is 241 g/mol. The van der Waals surface area contributed by atoms with Crippen LogP contribution in [0.3, 0.4) is 0 Å². The first-order chi connectivity index (χ1) is 8.09. The topological polar surface area (TPSA) is 40.5 Å². The zero-order valence-electron chi connectivity index (χ0n) is 11.3. The van der Waals surface area contributed by atoms with Crippen LogP contribution < -0.4 is 0 Å². The molecule has 3 heteroatoms. The number of piperidine rings is 1. The Morgan fingerprint density at radius 1 is 1.41 bits per heavy atom. The van der Waals surface area contributed by atoms with E-state index in [0.29, 0.717) is 12.5 Å². The van der Waals surface area contributed by atoms with Gasteiger partial charge in [0.25, 0.3) is 0 Å². The van der Waals surface area contributed by atoms with Gasteiger partial charge in [0.2, 0.25) is 0 Å². The molecule has 1 rings (SSSR count). The van der Waals surface area contributed by atoms with Crippen molar-refractivity contribution in [2.75, 3.05) is 13.1 Å². The van der Waals surface area contributed by atoms with Gasteiger partial charge in [-0.1, -0.05) is 20.3 Å². The fourth-order valence-electron chi connectivity index (χ4n) is 2.67. The van der Waals surface area contributed by atoms with E-state index >= 15 is 0 Å². The summed E-state index contributed by atoms with van der Waals surface area (Å²) in [6.07, 6.45) is 7.43. The number of carboxylic acid groups (broad SMARTS) is 1. The molecule has 0 amide bonds. The van der Waals surface area contributed by atoms with Gasteiger partial charge in [-0.15, -0.1) is 0 Å². The molecule has 1 N–H and O–H groups in total. The van der Waals surface area contributed by atoms with E-state index in [0.717, 1.165) is 18.9 Å². The van der Waals surface area contributed by atoms with Crippen molar-refractivity contribution in [1.29, 1.82) is 0 Å². The minimum Gasteiger partial charge on any atom is -0.481 e. The summed E-state index contributed by atoms with van der Waals surface area (Å²) in [5, 5.41) is 8.76. The van der Waals surface area contributed by atoms with Crippen LogP contribution in [-0.4, -0.2) is 35.1 Å². The van der Waals surface area contributed by atoms with Gasteiger partial charge < -0.3 is 10.0 Å². The van der Waals surface area contributed by atoms with Crippen molar-refractivity contribution < 1.29 is 9.90 Å². The molecule has 1 aliphatic rings. The Morgan fingerprint density at radius 3 is 2.82 bits per heavy atom. The minimum absolute atomic E-state index is 0.325. The molecule has 3 nitrogen and oxygen atoms in total. The highest BCUT2D eigenvalue weighted by atomic mass is 16.4. The summed E-state index contributed by atoms with van der Waals surface area (Å²) in [5.74, 6) is 0.120. The Kier molecular flexibility index (Phi) is 6.56. The lowest BCUT2D eigenvalue weighted by atomic mass is 9.97. The van der Waals surface area contributed by atoms with Crippen molar-refractivity contribution >= 4 is 5.97 Å². The normalized spacial score (nSPS) is 21.9. The molecule has 0 aliphatic carbocycles. The number of aliphatic carboxylic acids is 1. The van der Waals surface area contributed by atoms with E-state index in [1.54, 1.807) is 0 Å². The fourth-order valence-corrected chi connectivity index (χ4v) is 2.67. The summed E-state index contributed by atoms with van der Waals surface area (Å²) in [7, 11) is 0. The van der Waals surface area contributed by atoms with E-state index in [-0.39, 0.29) is 0 Å². The zero-order valence-corrected chi connectivity index (χ0v) is 11.3. The Morgan fingerprint density at radius 2 is 2.18 bits per heavy atom. The molecular weight excluding hydrogens is 214 g/mol. The van der Waals surface area contributed by atoms with Crippen LogP contribution in [0.25, 0.3) is 0 Å². The molecule has 0 bridgehead atoms. The quantitative estimate of drug-likeness (QED) is 0.744. The van der Waals surface area contributed by atoms with E-state index in [1.807, 2.05) is 0 Å². The second-order valence-corrected chi connectivity index (χ2v) is 5.65. The maximum absolute atomic E-state index is 10.6. The van der Waals surface area contributed by atoms with Crippen molar-refractivity contribution in [3.05, 3.63) is 0 Å². The number of hydrogen-bond donors (Lipinski definition) is 1. The zero-order chi connectivity index (χ0) is 12.7. The van der Waals surface area contributed by atoms with E-state index < -0.39 is 5.97 Å². The maximum atomic E-state index is 10.6. The van der Waals surface area contributed by atoms with Gasteiger partial charge in [0.05, 0.1) is 0 Å². The highest BCUT2D eigenvalue weighted by Gasteiger charge is 2.22. The highest BCUT2D eigenvalue weighted by molar-refractivity contribution is 5.66. The number of nitrogens with zero attached hydrogens (tertiary/aromatic N) is 1. The Bertz CT molecular complexity index is 228. The van der Waals surface area contributed by atoms with Crippen LogP contribution in [0.1, 0.15) is 58.8 Å². The Labute approximate surface area is 105 Å². The molecule has 17 heavy (non-hydrogen) atoms. The number of rotatable bonds is 7. The molecule has 1 aliphatic heterocycles. The number of carboxylic acids is 1. The van der Waals surface area contributed by atoms with Crippen molar-refractivity contribution in [3.8, 4) is 0 Å². The van der Waals surface area contributed by atoms with E-state index in [4.69, 9.17) is 5.11 Å². The fraction of sp³-hybridized carbons (Fsp3) is 0.929. The standard InChI is InChI=1S/C14H27NO2/c1-12(2)6-5-11-15-10-4-3-7-13(15)8-9-14(16)17/h12-13H,3-11H2,1-2H3,(H,16,17). The first-order valence-corrected chi connectivity index (χ1v) is 7.05. The molecule has 0 spiro atoms. The lowest BCUT2D eigenvalue weighted by Crippen LogP contribution is -2.40. The predicted molar refractivity (Wildman–Crippen MR) is 70.2 cm³/mol. The van der Waals surface area contributed by atoms with Crippen LogP contribution in [0.2, 0.25) is 0 Å². The first kappa shape index (κ1) is 14.5. The molecule has 1 heterocycles. The van der Waals surface area contributed by atoms with Crippen LogP contribution in [-0.2, 0) is 4.79 Å². The van der Waals surface area contributed by atoms with Gasteiger partial charge in [-0.3, -0.25) is 4.79 Å².